The Morgan fingerprint density at radius 3 is 2.86 bits per heavy atom. The van der Waals surface area contributed by atoms with Crippen LogP contribution in [-0.2, 0) is 6.54 Å². The van der Waals surface area contributed by atoms with Gasteiger partial charge in [0.1, 0.15) is 5.75 Å². The lowest BCUT2D eigenvalue weighted by Crippen LogP contribution is -2.10. The number of halogens is 1. The zero-order valence-corrected chi connectivity index (χ0v) is 9.74. The van der Waals surface area contributed by atoms with Crippen LogP contribution in [0.15, 0.2) is 18.2 Å². The summed E-state index contributed by atoms with van der Waals surface area (Å²) in [6.07, 6.45) is 0. The van der Waals surface area contributed by atoms with E-state index >= 15 is 0 Å². The normalized spacial score (nSPS) is 10.2. The molecule has 0 aromatic heterocycles. The summed E-state index contributed by atoms with van der Waals surface area (Å²) in [6, 6.07) is 5.79. The molecule has 0 aliphatic carbocycles. The average Bonchev–Trinajstić information content (AvgIpc) is 2.19. The van der Waals surface area contributed by atoms with E-state index in [4.69, 9.17) is 16.3 Å². The van der Waals surface area contributed by atoms with Gasteiger partial charge in [0.15, 0.2) is 0 Å². The fraction of sp³-hybridized carbons (Fsp3) is 0.400. The molecule has 78 valence electrons. The second kappa shape index (κ2) is 6.17. The van der Waals surface area contributed by atoms with Crippen molar-refractivity contribution in [3.63, 3.8) is 0 Å². The Hall–Kier alpha value is -0.380. The second-order valence-electron chi connectivity index (χ2n) is 2.78. The maximum absolute atomic E-state index is 6.02. The van der Waals surface area contributed by atoms with E-state index in [-0.39, 0.29) is 0 Å². The quantitative estimate of drug-likeness (QED) is 0.601. The molecular formula is C10H14ClNOS. The lowest BCUT2D eigenvalue weighted by atomic mass is 10.2. The van der Waals surface area contributed by atoms with E-state index in [1.807, 2.05) is 25.1 Å². The van der Waals surface area contributed by atoms with Crippen molar-refractivity contribution in [2.45, 2.75) is 13.5 Å². The molecule has 0 fully saturated rings. The fourth-order valence-corrected chi connectivity index (χ4v) is 1.50. The third kappa shape index (κ3) is 3.40. The Balaban J connectivity index is 2.68. The van der Waals surface area contributed by atoms with Crippen LogP contribution < -0.4 is 10.1 Å². The zero-order chi connectivity index (χ0) is 10.4. The van der Waals surface area contributed by atoms with Gasteiger partial charge in [-0.1, -0.05) is 17.7 Å². The lowest BCUT2D eigenvalue weighted by molar-refractivity contribution is 0.340. The topological polar surface area (TPSA) is 21.3 Å². The first kappa shape index (κ1) is 11.7. The molecule has 0 saturated carbocycles. The van der Waals surface area contributed by atoms with E-state index in [1.165, 1.54) is 0 Å². The first-order valence-corrected chi connectivity index (χ1v) is 5.51. The van der Waals surface area contributed by atoms with Crippen molar-refractivity contribution in [3.05, 3.63) is 28.8 Å². The molecular weight excluding hydrogens is 218 g/mol. The average molecular weight is 232 g/mol. The minimum absolute atomic E-state index is 0.633. The number of hydrogen-bond acceptors (Lipinski definition) is 3. The number of ether oxygens (including phenoxy) is 1. The van der Waals surface area contributed by atoms with Gasteiger partial charge >= 0.3 is 0 Å². The van der Waals surface area contributed by atoms with Crippen LogP contribution in [0.4, 0.5) is 0 Å². The molecule has 4 heteroatoms. The van der Waals surface area contributed by atoms with Gasteiger partial charge in [-0.3, -0.25) is 0 Å². The van der Waals surface area contributed by atoms with Gasteiger partial charge in [-0.2, -0.15) is 12.6 Å². The molecule has 0 radical (unpaired) electrons. The maximum Gasteiger partial charge on any atom is 0.137 e. The fourth-order valence-electron chi connectivity index (χ4n) is 1.13. The first-order valence-electron chi connectivity index (χ1n) is 4.50. The maximum atomic E-state index is 6.02. The van der Waals surface area contributed by atoms with Crippen LogP contribution in [0.2, 0.25) is 5.02 Å². The number of benzene rings is 1. The van der Waals surface area contributed by atoms with Crippen molar-refractivity contribution in [2.24, 2.45) is 0 Å². The van der Waals surface area contributed by atoms with Crippen molar-refractivity contribution >= 4 is 24.2 Å². The van der Waals surface area contributed by atoms with Gasteiger partial charge in [0.25, 0.3) is 0 Å². The summed E-state index contributed by atoms with van der Waals surface area (Å²) in [5, 5.41) is 3.77. The Morgan fingerprint density at radius 2 is 2.29 bits per heavy atom. The van der Waals surface area contributed by atoms with Gasteiger partial charge < -0.3 is 10.1 Å². The molecule has 0 amide bonds. The molecule has 1 aromatic rings. The summed E-state index contributed by atoms with van der Waals surface area (Å²) >= 11 is 10.1. The molecule has 0 unspecified atom stereocenters. The van der Waals surface area contributed by atoms with E-state index in [0.29, 0.717) is 17.5 Å². The Morgan fingerprint density at radius 1 is 1.50 bits per heavy atom. The van der Waals surface area contributed by atoms with Gasteiger partial charge in [0, 0.05) is 12.4 Å². The molecule has 0 aliphatic heterocycles. The SMILES string of the molecule is CCOc1ccc(CNCS)cc1Cl. The highest BCUT2D eigenvalue weighted by Crippen LogP contribution is 2.25. The third-order valence-electron chi connectivity index (χ3n) is 1.74. The summed E-state index contributed by atoms with van der Waals surface area (Å²) in [5.41, 5.74) is 1.13. The molecule has 0 heterocycles. The van der Waals surface area contributed by atoms with Crippen molar-refractivity contribution in [2.75, 3.05) is 12.5 Å². The van der Waals surface area contributed by atoms with Gasteiger partial charge in [-0.15, -0.1) is 0 Å². The molecule has 1 rings (SSSR count). The van der Waals surface area contributed by atoms with Crippen molar-refractivity contribution in [1.29, 1.82) is 0 Å². The van der Waals surface area contributed by atoms with Gasteiger partial charge in [0.05, 0.1) is 11.6 Å². The van der Waals surface area contributed by atoms with Gasteiger partial charge in [-0.25, -0.2) is 0 Å². The standard InChI is InChI=1S/C10H14ClNOS/c1-2-13-10-4-3-8(5-9(10)11)6-12-7-14/h3-5,12,14H,2,6-7H2,1H3. The number of rotatable bonds is 5. The first-order chi connectivity index (χ1) is 6.77. The van der Waals surface area contributed by atoms with Crippen molar-refractivity contribution in [1.82, 2.24) is 5.32 Å². The van der Waals surface area contributed by atoms with Crippen molar-refractivity contribution < 1.29 is 4.74 Å². The van der Waals surface area contributed by atoms with Crippen LogP contribution in [0, 0.1) is 0 Å². The Kier molecular flexibility index (Phi) is 5.15. The van der Waals surface area contributed by atoms with Crippen molar-refractivity contribution in [3.8, 4) is 5.75 Å². The highest BCUT2D eigenvalue weighted by Gasteiger charge is 2.01. The van der Waals surface area contributed by atoms with E-state index < -0.39 is 0 Å². The zero-order valence-electron chi connectivity index (χ0n) is 8.09. The summed E-state index contributed by atoms with van der Waals surface area (Å²) in [4.78, 5) is 0. The summed E-state index contributed by atoms with van der Waals surface area (Å²) in [5.74, 6) is 1.40. The van der Waals surface area contributed by atoms with E-state index in [2.05, 4.69) is 17.9 Å². The van der Waals surface area contributed by atoms with E-state index in [1.54, 1.807) is 0 Å². The monoisotopic (exact) mass is 231 g/mol. The molecule has 1 N–H and O–H groups in total. The van der Waals surface area contributed by atoms with Crippen LogP contribution in [0.5, 0.6) is 5.75 Å². The summed E-state index contributed by atoms with van der Waals surface area (Å²) < 4.78 is 5.33. The van der Waals surface area contributed by atoms with Crippen LogP contribution in [0.25, 0.3) is 0 Å². The van der Waals surface area contributed by atoms with E-state index in [0.717, 1.165) is 17.9 Å². The molecule has 2 nitrogen and oxygen atoms in total. The molecule has 0 atom stereocenters. The third-order valence-corrected chi connectivity index (χ3v) is 2.26. The minimum atomic E-state index is 0.633. The Labute approximate surface area is 95.0 Å². The molecule has 0 aliphatic rings. The predicted molar refractivity (Wildman–Crippen MR) is 63.3 cm³/mol. The van der Waals surface area contributed by atoms with Crippen LogP contribution >= 0.6 is 24.2 Å². The van der Waals surface area contributed by atoms with Gasteiger partial charge in [0.2, 0.25) is 0 Å². The smallest absolute Gasteiger partial charge is 0.137 e. The minimum Gasteiger partial charge on any atom is -0.492 e. The number of hydrogen-bond donors (Lipinski definition) is 2. The van der Waals surface area contributed by atoms with Gasteiger partial charge in [-0.05, 0) is 24.6 Å². The largest absolute Gasteiger partial charge is 0.492 e. The number of thiol groups is 1. The molecule has 0 bridgehead atoms. The summed E-state index contributed by atoms with van der Waals surface area (Å²) in [6.45, 7) is 3.34. The Bertz CT molecular complexity index is 293. The molecule has 0 saturated heterocycles. The van der Waals surface area contributed by atoms with Crippen LogP contribution in [-0.4, -0.2) is 12.5 Å². The molecule has 1 aromatic carbocycles. The van der Waals surface area contributed by atoms with Crippen LogP contribution in [0.3, 0.4) is 0 Å². The second-order valence-corrected chi connectivity index (χ2v) is 3.51. The number of nitrogens with one attached hydrogen (secondary N) is 1. The molecule has 0 spiro atoms. The summed E-state index contributed by atoms with van der Waals surface area (Å²) in [7, 11) is 0. The highest BCUT2D eigenvalue weighted by atomic mass is 35.5. The molecule has 14 heavy (non-hydrogen) atoms. The van der Waals surface area contributed by atoms with Crippen LogP contribution in [0.1, 0.15) is 12.5 Å². The van der Waals surface area contributed by atoms with E-state index in [9.17, 15) is 0 Å². The predicted octanol–water partition coefficient (Wildman–Crippen LogP) is 2.72. The highest BCUT2D eigenvalue weighted by molar-refractivity contribution is 7.80. The lowest BCUT2D eigenvalue weighted by Gasteiger charge is -2.07.